The Morgan fingerprint density at radius 1 is 1.18 bits per heavy atom. The molecule has 6 nitrogen and oxygen atoms in total. The van der Waals surface area contributed by atoms with E-state index in [1.54, 1.807) is 4.90 Å². The fourth-order valence-electron chi connectivity index (χ4n) is 4.03. The van der Waals surface area contributed by atoms with E-state index in [-0.39, 0.29) is 18.5 Å². The fourth-order valence-corrected chi connectivity index (χ4v) is 4.03. The number of fused-ring (bicyclic) bond motifs is 1. The molecule has 0 spiro atoms. The van der Waals surface area contributed by atoms with Crippen LogP contribution in [0.25, 0.3) is 0 Å². The Bertz CT molecular complexity index is 894. The Kier molecular flexibility index (Phi) is 5.05. The summed E-state index contributed by atoms with van der Waals surface area (Å²) in [5.41, 5.74) is 5.65. The van der Waals surface area contributed by atoms with E-state index in [9.17, 15) is 9.59 Å². The van der Waals surface area contributed by atoms with Crippen molar-refractivity contribution in [2.45, 2.75) is 31.8 Å². The van der Waals surface area contributed by atoms with E-state index in [4.69, 9.17) is 5.11 Å². The van der Waals surface area contributed by atoms with E-state index >= 15 is 0 Å². The van der Waals surface area contributed by atoms with Crippen LogP contribution in [0.1, 0.15) is 34.7 Å². The van der Waals surface area contributed by atoms with E-state index in [0.29, 0.717) is 13.0 Å². The highest BCUT2D eigenvalue weighted by atomic mass is 16.4. The van der Waals surface area contributed by atoms with Gasteiger partial charge in [-0.15, -0.1) is 0 Å². The Balaban J connectivity index is 1.51. The van der Waals surface area contributed by atoms with Gasteiger partial charge in [0.15, 0.2) is 0 Å². The molecule has 0 aromatic heterocycles. The van der Waals surface area contributed by atoms with Crippen molar-refractivity contribution in [1.82, 2.24) is 10.2 Å². The number of urea groups is 1. The monoisotopic (exact) mass is 379 g/mol. The second-order valence-corrected chi connectivity index (χ2v) is 7.53. The Labute approximate surface area is 164 Å². The van der Waals surface area contributed by atoms with E-state index in [2.05, 4.69) is 17.4 Å². The largest absolute Gasteiger partial charge is 0.481 e. The number of anilines is 1. The number of hydrogen-bond acceptors (Lipinski definition) is 3. The van der Waals surface area contributed by atoms with Gasteiger partial charge in [0.25, 0.3) is 0 Å². The van der Waals surface area contributed by atoms with Gasteiger partial charge in [0.05, 0.1) is 12.6 Å². The average molecular weight is 379 g/mol. The predicted octanol–water partition coefficient (Wildman–Crippen LogP) is 2.96. The molecule has 0 aliphatic carbocycles. The second-order valence-electron chi connectivity index (χ2n) is 7.53. The lowest BCUT2D eigenvalue weighted by atomic mass is 10.00. The molecule has 2 amide bonds. The van der Waals surface area contributed by atoms with Crippen molar-refractivity contribution < 1.29 is 14.7 Å². The zero-order chi connectivity index (χ0) is 19.7. The van der Waals surface area contributed by atoms with Crippen molar-refractivity contribution in [2.75, 3.05) is 25.0 Å². The maximum atomic E-state index is 12.9. The van der Waals surface area contributed by atoms with E-state index in [0.717, 1.165) is 36.3 Å². The smallest absolute Gasteiger partial charge is 0.324 e. The van der Waals surface area contributed by atoms with Gasteiger partial charge in [0.2, 0.25) is 0 Å². The average Bonchev–Trinajstić information content (AvgIpc) is 3.01. The topological polar surface area (TPSA) is 72.9 Å². The molecule has 146 valence electrons. The van der Waals surface area contributed by atoms with Crippen LogP contribution in [0.5, 0.6) is 0 Å². The number of carbonyl (C=O) groups excluding carboxylic acids is 1. The summed E-state index contributed by atoms with van der Waals surface area (Å²) in [6.45, 7) is 2.47. The van der Waals surface area contributed by atoms with Crippen LogP contribution in [0.4, 0.5) is 10.5 Å². The number of benzene rings is 2. The number of amides is 2. The molecule has 0 saturated carbocycles. The third kappa shape index (κ3) is 3.60. The number of rotatable bonds is 5. The highest BCUT2D eigenvalue weighted by Gasteiger charge is 2.36. The SMILES string of the molecule is CN1C(=O)N(c2ccc3c(c2)CCNC3)CC1c1ccc(CCC(=O)O)cc1. The van der Waals surface area contributed by atoms with Crippen LogP contribution >= 0.6 is 0 Å². The van der Waals surface area contributed by atoms with Crippen molar-refractivity contribution in [3.63, 3.8) is 0 Å². The molecule has 2 N–H and O–H groups in total. The standard InChI is InChI=1S/C22H25N3O3/c1-24-20(16-5-2-15(3-6-16)4-9-21(26)27)14-25(22(24)28)19-8-7-18-13-23-11-10-17(18)12-19/h2-3,5-8,12,20,23H,4,9-11,13-14H2,1H3,(H,26,27). The lowest BCUT2D eigenvalue weighted by Gasteiger charge is -2.21. The van der Waals surface area contributed by atoms with E-state index in [1.165, 1.54) is 11.1 Å². The lowest BCUT2D eigenvalue weighted by Crippen LogP contribution is -2.30. The minimum absolute atomic E-state index is 0.00818. The number of likely N-dealkylation sites (N-methyl/N-ethyl adjacent to an activating group) is 1. The van der Waals surface area contributed by atoms with Gasteiger partial charge < -0.3 is 15.3 Å². The van der Waals surface area contributed by atoms with Crippen LogP contribution < -0.4 is 10.2 Å². The minimum Gasteiger partial charge on any atom is -0.481 e. The van der Waals surface area contributed by atoms with Gasteiger partial charge >= 0.3 is 12.0 Å². The van der Waals surface area contributed by atoms with Gasteiger partial charge in [-0.3, -0.25) is 9.69 Å². The summed E-state index contributed by atoms with van der Waals surface area (Å²) in [5.74, 6) is -0.790. The summed E-state index contributed by atoms with van der Waals surface area (Å²) in [4.78, 5) is 27.2. The summed E-state index contributed by atoms with van der Waals surface area (Å²) in [6, 6.07) is 14.2. The van der Waals surface area contributed by atoms with Crippen molar-refractivity contribution in [2.24, 2.45) is 0 Å². The van der Waals surface area contributed by atoms with E-state index in [1.807, 2.05) is 42.3 Å². The summed E-state index contributed by atoms with van der Waals surface area (Å²) in [7, 11) is 1.84. The van der Waals surface area contributed by atoms with Gasteiger partial charge in [0.1, 0.15) is 0 Å². The summed E-state index contributed by atoms with van der Waals surface area (Å²) in [5, 5.41) is 12.2. The first-order valence-electron chi connectivity index (χ1n) is 9.70. The number of aliphatic carboxylic acids is 1. The molecule has 2 aliphatic rings. The van der Waals surface area contributed by atoms with Gasteiger partial charge in [0, 0.05) is 25.7 Å². The minimum atomic E-state index is -0.790. The molecule has 1 unspecified atom stereocenters. The van der Waals surface area contributed by atoms with Crippen molar-refractivity contribution in [1.29, 1.82) is 0 Å². The number of aryl methyl sites for hydroxylation is 1. The van der Waals surface area contributed by atoms with Crippen molar-refractivity contribution in [3.8, 4) is 0 Å². The molecule has 4 rings (SSSR count). The van der Waals surface area contributed by atoms with E-state index < -0.39 is 5.97 Å². The van der Waals surface area contributed by atoms with Crippen molar-refractivity contribution in [3.05, 3.63) is 64.7 Å². The van der Waals surface area contributed by atoms with Gasteiger partial charge in [-0.05, 0) is 53.8 Å². The van der Waals surface area contributed by atoms with Crippen LogP contribution in [0.2, 0.25) is 0 Å². The molecule has 1 atom stereocenters. The Morgan fingerprint density at radius 3 is 2.71 bits per heavy atom. The molecular formula is C22H25N3O3. The lowest BCUT2D eigenvalue weighted by molar-refractivity contribution is -0.136. The number of nitrogens with one attached hydrogen (secondary N) is 1. The van der Waals surface area contributed by atoms with Crippen LogP contribution in [-0.4, -0.2) is 42.1 Å². The zero-order valence-electron chi connectivity index (χ0n) is 16.0. The molecule has 2 heterocycles. The van der Waals surface area contributed by atoms with Crippen LogP contribution in [0.15, 0.2) is 42.5 Å². The highest BCUT2D eigenvalue weighted by molar-refractivity contribution is 5.94. The molecule has 1 saturated heterocycles. The first-order valence-corrected chi connectivity index (χ1v) is 9.70. The normalized spacial score (nSPS) is 19.0. The highest BCUT2D eigenvalue weighted by Crippen LogP contribution is 2.33. The summed E-state index contributed by atoms with van der Waals surface area (Å²) >= 11 is 0. The van der Waals surface area contributed by atoms with Gasteiger partial charge in [-0.1, -0.05) is 30.3 Å². The molecule has 1 fully saturated rings. The molecule has 6 heteroatoms. The fraction of sp³-hybridized carbons (Fsp3) is 0.364. The zero-order valence-corrected chi connectivity index (χ0v) is 16.0. The molecule has 28 heavy (non-hydrogen) atoms. The molecular weight excluding hydrogens is 354 g/mol. The number of nitrogens with zero attached hydrogens (tertiary/aromatic N) is 2. The van der Waals surface area contributed by atoms with Crippen molar-refractivity contribution >= 4 is 17.7 Å². The number of carboxylic acids is 1. The maximum Gasteiger partial charge on any atom is 0.324 e. The first kappa shape index (κ1) is 18.5. The summed E-state index contributed by atoms with van der Waals surface area (Å²) in [6.07, 6.45) is 1.64. The first-order chi connectivity index (χ1) is 13.5. The molecule has 0 bridgehead atoms. The third-order valence-electron chi connectivity index (χ3n) is 5.74. The Morgan fingerprint density at radius 2 is 1.96 bits per heavy atom. The second kappa shape index (κ2) is 7.64. The predicted molar refractivity (Wildman–Crippen MR) is 107 cm³/mol. The maximum absolute atomic E-state index is 12.9. The summed E-state index contributed by atoms with van der Waals surface area (Å²) < 4.78 is 0. The molecule has 2 aliphatic heterocycles. The Hall–Kier alpha value is -2.86. The number of carboxylic acid groups (broad SMARTS) is 1. The van der Waals surface area contributed by atoms with Crippen LogP contribution in [-0.2, 0) is 24.2 Å². The molecule has 2 aromatic carbocycles. The van der Waals surface area contributed by atoms with Gasteiger partial charge in [-0.2, -0.15) is 0 Å². The van der Waals surface area contributed by atoms with Crippen LogP contribution in [0.3, 0.4) is 0 Å². The number of hydrogen-bond donors (Lipinski definition) is 2. The molecule has 0 radical (unpaired) electrons. The van der Waals surface area contributed by atoms with Gasteiger partial charge in [-0.25, -0.2) is 4.79 Å². The van der Waals surface area contributed by atoms with Crippen LogP contribution in [0, 0.1) is 0 Å². The number of carbonyl (C=O) groups is 2. The quantitative estimate of drug-likeness (QED) is 0.838. The molecule has 2 aromatic rings. The third-order valence-corrected chi connectivity index (χ3v) is 5.74.